The molecule has 0 radical (unpaired) electrons. The third-order valence-electron chi connectivity index (χ3n) is 4.85. The predicted octanol–water partition coefficient (Wildman–Crippen LogP) is 4.56. The molecule has 0 amide bonds. The molecular formula is C21H17N5S. The molecule has 3 heterocycles. The van der Waals surface area contributed by atoms with E-state index in [2.05, 4.69) is 33.0 Å². The second-order valence-corrected chi connectivity index (χ2v) is 7.65. The molecule has 0 atom stereocenters. The van der Waals surface area contributed by atoms with E-state index < -0.39 is 0 Å². The van der Waals surface area contributed by atoms with Gasteiger partial charge < -0.3 is 4.40 Å². The Morgan fingerprint density at radius 2 is 1.89 bits per heavy atom. The lowest BCUT2D eigenvalue weighted by Gasteiger charge is -2.09. The number of fused-ring (bicyclic) bond motifs is 1. The number of pyridine rings is 1. The van der Waals surface area contributed by atoms with Gasteiger partial charge in [0, 0.05) is 29.8 Å². The molecule has 0 aliphatic heterocycles. The van der Waals surface area contributed by atoms with E-state index in [1.807, 2.05) is 53.2 Å². The summed E-state index contributed by atoms with van der Waals surface area (Å²) in [5, 5.41) is 19.4. The average Bonchev–Trinajstić information content (AvgIpc) is 3.37. The molecule has 6 heteroatoms. The van der Waals surface area contributed by atoms with Crippen molar-refractivity contribution in [1.29, 1.82) is 5.26 Å². The molecule has 1 aliphatic carbocycles. The Hall–Kier alpha value is -3.04. The fourth-order valence-electron chi connectivity index (χ4n) is 3.36. The first-order valence-corrected chi connectivity index (χ1v) is 9.96. The molecule has 5 nitrogen and oxygen atoms in total. The van der Waals surface area contributed by atoms with Crippen molar-refractivity contribution in [3.63, 3.8) is 0 Å². The fourth-order valence-corrected chi connectivity index (χ4v) is 4.29. The summed E-state index contributed by atoms with van der Waals surface area (Å²) >= 11 is 1.63. The standard InChI is InChI=1S/C21H17N5S/c22-12-18-16(13-25-11-5-4-8-19(18)25)14-27-21-24-23-20(15-9-10-15)26(21)17-6-2-1-3-7-17/h1-8,11,13,15H,9-10,14H2. The van der Waals surface area contributed by atoms with Crippen LogP contribution in [0.4, 0.5) is 0 Å². The molecule has 27 heavy (non-hydrogen) atoms. The van der Waals surface area contributed by atoms with Crippen molar-refractivity contribution in [3.05, 3.63) is 77.9 Å². The van der Waals surface area contributed by atoms with Crippen LogP contribution in [0.1, 0.15) is 35.7 Å². The second kappa shape index (κ2) is 6.60. The van der Waals surface area contributed by atoms with Gasteiger partial charge in [0.1, 0.15) is 11.9 Å². The number of aromatic nitrogens is 4. The minimum atomic E-state index is 0.513. The van der Waals surface area contributed by atoms with Crippen LogP contribution in [0.15, 0.2) is 66.1 Å². The number of hydrogen-bond acceptors (Lipinski definition) is 4. The zero-order chi connectivity index (χ0) is 18.2. The molecule has 0 spiro atoms. The highest BCUT2D eigenvalue weighted by Crippen LogP contribution is 2.41. The van der Waals surface area contributed by atoms with E-state index in [1.165, 1.54) is 12.8 Å². The molecule has 1 aliphatic rings. The molecule has 0 unspecified atom stereocenters. The summed E-state index contributed by atoms with van der Waals surface area (Å²) in [6.45, 7) is 0. The van der Waals surface area contributed by atoms with Gasteiger partial charge in [-0.2, -0.15) is 5.26 Å². The van der Waals surface area contributed by atoms with Gasteiger partial charge in [0.05, 0.1) is 11.1 Å². The van der Waals surface area contributed by atoms with Crippen molar-refractivity contribution in [2.75, 3.05) is 0 Å². The lowest BCUT2D eigenvalue weighted by molar-refractivity contribution is 0.829. The molecule has 1 fully saturated rings. The number of para-hydroxylation sites is 1. The Morgan fingerprint density at radius 1 is 1.07 bits per heavy atom. The van der Waals surface area contributed by atoms with Gasteiger partial charge >= 0.3 is 0 Å². The first kappa shape index (κ1) is 16.2. The quantitative estimate of drug-likeness (QED) is 0.483. The molecule has 0 bridgehead atoms. The van der Waals surface area contributed by atoms with Crippen molar-refractivity contribution >= 4 is 17.3 Å². The van der Waals surface area contributed by atoms with Crippen molar-refractivity contribution in [1.82, 2.24) is 19.2 Å². The number of nitrogens with zero attached hydrogens (tertiary/aromatic N) is 5. The predicted molar refractivity (Wildman–Crippen MR) is 105 cm³/mol. The Morgan fingerprint density at radius 3 is 2.67 bits per heavy atom. The highest BCUT2D eigenvalue weighted by atomic mass is 32.2. The van der Waals surface area contributed by atoms with Gasteiger partial charge in [0.2, 0.25) is 0 Å². The molecule has 5 rings (SSSR count). The van der Waals surface area contributed by atoms with Crippen molar-refractivity contribution in [2.45, 2.75) is 29.7 Å². The molecule has 0 N–H and O–H groups in total. The van der Waals surface area contributed by atoms with E-state index in [0.717, 1.165) is 33.3 Å². The average molecular weight is 371 g/mol. The molecule has 1 saturated carbocycles. The first-order valence-electron chi connectivity index (χ1n) is 8.97. The van der Waals surface area contributed by atoms with E-state index in [0.29, 0.717) is 11.7 Å². The molecule has 3 aromatic heterocycles. The van der Waals surface area contributed by atoms with Crippen LogP contribution in [-0.2, 0) is 5.75 Å². The van der Waals surface area contributed by atoms with E-state index in [4.69, 9.17) is 0 Å². The number of benzene rings is 1. The van der Waals surface area contributed by atoms with Crippen LogP contribution in [0.2, 0.25) is 0 Å². The molecule has 132 valence electrons. The highest BCUT2D eigenvalue weighted by molar-refractivity contribution is 7.98. The lowest BCUT2D eigenvalue weighted by Crippen LogP contribution is -2.01. The third kappa shape index (κ3) is 2.90. The largest absolute Gasteiger partial charge is 0.322 e. The van der Waals surface area contributed by atoms with Crippen LogP contribution in [0, 0.1) is 11.3 Å². The van der Waals surface area contributed by atoms with Gasteiger partial charge in [-0.3, -0.25) is 4.57 Å². The summed E-state index contributed by atoms with van der Waals surface area (Å²) < 4.78 is 4.18. The van der Waals surface area contributed by atoms with Gasteiger partial charge in [-0.05, 0) is 42.7 Å². The Balaban J connectivity index is 1.50. The Kier molecular flexibility index (Phi) is 3.95. The minimum absolute atomic E-state index is 0.513. The zero-order valence-corrected chi connectivity index (χ0v) is 15.4. The number of thioether (sulfide) groups is 1. The number of rotatable bonds is 5. The normalized spacial score (nSPS) is 13.7. The van der Waals surface area contributed by atoms with Gasteiger partial charge in [0.25, 0.3) is 0 Å². The lowest BCUT2D eigenvalue weighted by atomic mass is 10.2. The van der Waals surface area contributed by atoms with Crippen LogP contribution in [0.25, 0.3) is 11.2 Å². The second-order valence-electron chi connectivity index (χ2n) is 6.71. The van der Waals surface area contributed by atoms with Crippen molar-refractivity contribution < 1.29 is 0 Å². The molecular weight excluding hydrogens is 354 g/mol. The van der Waals surface area contributed by atoms with Crippen molar-refractivity contribution in [2.24, 2.45) is 0 Å². The fraction of sp³-hybridized carbons (Fsp3) is 0.190. The van der Waals surface area contributed by atoms with Crippen LogP contribution >= 0.6 is 11.8 Å². The Bertz CT molecular complexity index is 1150. The van der Waals surface area contributed by atoms with Gasteiger partial charge in [-0.15, -0.1) is 10.2 Å². The minimum Gasteiger partial charge on any atom is -0.322 e. The SMILES string of the molecule is N#Cc1c(CSc2nnc(C3CC3)n2-c2ccccc2)cn2ccccc12. The molecule has 0 saturated heterocycles. The maximum atomic E-state index is 9.61. The number of nitriles is 1. The van der Waals surface area contributed by atoms with Gasteiger partial charge in [-0.25, -0.2) is 0 Å². The topological polar surface area (TPSA) is 58.9 Å². The van der Waals surface area contributed by atoms with Crippen LogP contribution < -0.4 is 0 Å². The smallest absolute Gasteiger partial charge is 0.196 e. The maximum Gasteiger partial charge on any atom is 0.196 e. The monoisotopic (exact) mass is 371 g/mol. The van der Waals surface area contributed by atoms with E-state index >= 15 is 0 Å². The van der Waals surface area contributed by atoms with Gasteiger partial charge in [-0.1, -0.05) is 36.0 Å². The van der Waals surface area contributed by atoms with Crippen LogP contribution in [0.3, 0.4) is 0 Å². The Labute approximate surface area is 161 Å². The first-order chi connectivity index (χ1) is 13.3. The van der Waals surface area contributed by atoms with Gasteiger partial charge in [0.15, 0.2) is 5.16 Å². The number of hydrogen-bond donors (Lipinski definition) is 0. The van der Waals surface area contributed by atoms with E-state index in [1.54, 1.807) is 11.8 Å². The van der Waals surface area contributed by atoms with Crippen LogP contribution in [-0.4, -0.2) is 19.2 Å². The summed E-state index contributed by atoms with van der Waals surface area (Å²) in [5.74, 6) is 2.24. The summed E-state index contributed by atoms with van der Waals surface area (Å²) in [4.78, 5) is 0. The summed E-state index contributed by atoms with van der Waals surface area (Å²) in [5.41, 5.74) is 3.79. The third-order valence-corrected chi connectivity index (χ3v) is 5.82. The summed E-state index contributed by atoms with van der Waals surface area (Å²) in [6, 6.07) is 18.5. The molecule has 4 aromatic rings. The van der Waals surface area contributed by atoms with Crippen molar-refractivity contribution in [3.8, 4) is 11.8 Å². The maximum absolute atomic E-state index is 9.61. The molecule has 1 aromatic carbocycles. The highest BCUT2D eigenvalue weighted by Gasteiger charge is 2.31. The summed E-state index contributed by atoms with van der Waals surface area (Å²) in [6.07, 6.45) is 6.37. The summed E-state index contributed by atoms with van der Waals surface area (Å²) in [7, 11) is 0. The van der Waals surface area contributed by atoms with E-state index in [9.17, 15) is 5.26 Å². The van der Waals surface area contributed by atoms with Crippen LogP contribution in [0.5, 0.6) is 0 Å². The van der Waals surface area contributed by atoms with E-state index in [-0.39, 0.29) is 0 Å². The zero-order valence-electron chi connectivity index (χ0n) is 14.6.